The maximum atomic E-state index is 9.26. The molecule has 0 aromatic heterocycles. The zero-order valence-corrected chi connectivity index (χ0v) is 7.34. The number of hydrogen-bond donors (Lipinski definition) is 2. The van der Waals surface area contributed by atoms with Crippen molar-refractivity contribution in [3.05, 3.63) is 27.7 Å². The van der Waals surface area contributed by atoms with Gasteiger partial charge in [-0.15, -0.1) is 0 Å². The zero-order valence-electron chi connectivity index (χ0n) is 5.83. The number of hydrogen-bond acceptors (Lipinski definition) is 3. The molecule has 1 rings (SSSR count). The van der Waals surface area contributed by atoms with Gasteiger partial charge in [-0.2, -0.15) is 0 Å². The highest BCUT2D eigenvalue weighted by Gasteiger charge is 2.05. The van der Waals surface area contributed by atoms with Crippen molar-refractivity contribution in [2.45, 2.75) is 0 Å². The van der Waals surface area contributed by atoms with Crippen LogP contribution in [0.3, 0.4) is 0 Å². The van der Waals surface area contributed by atoms with E-state index >= 15 is 0 Å². The van der Waals surface area contributed by atoms with Crippen molar-refractivity contribution < 1.29 is 10.3 Å². The van der Waals surface area contributed by atoms with E-state index in [1.54, 1.807) is 0 Å². The van der Waals surface area contributed by atoms with Crippen LogP contribution in [0, 0.1) is 0 Å². The van der Waals surface area contributed by atoms with Crippen LogP contribution < -0.4 is 0 Å². The lowest BCUT2D eigenvalue weighted by Gasteiger charge is -2.00. The first-order valence-electron chi connectivity index (χ1n) is 3.00. The average molecular weight is 206 g/mol. The first-order chi connectivity index (χ1) is 5.65. The predicted molar refractivity (Wildman–Crippen MR) is 47.5 cm³/mol. The standard InChI is InChI=1S/C7H5Cl2NO2/c8-5-1-4(3-10-12)7(11)6(9)2-5/h1-3,11-12H/b10-3-. The van der Waals surface area contributed by atoms with Crippen molar-refractivity contribution in [3.63, 3.8) is 0 Å². The molecule has 0 radical (unpaired) electrons. The second kappa shape index (κ2) is 3.65. The molecule has 2 N–H and O–H groups in total. The van der Waals surface area contributed by atoms with Gasteiger partial charge in [-0.25, -0.2) is 0 Å². The van der Waals surface area contributed by atoms with Crippen molar-refractivity contribution in [2.24, 2.45) is 5.16 Å². The van der Waals surface area contributed by atoms with Crippen LogP contribution in [0.15, 0.2) is 17.3 Å². The van der Waals surface area contributed by atoms with Gasteiger partial charge in [0, 0.05) is 10.6 Å². The largest absolute Gasteiger partial charge is 0.506 e. The summed E-state index contributed by atoms with van der Waals surface area (Å²) in [4.78, 5) is 0. The average Bonchev–Trinajstić information content (AvgIpc) is 2.00. The lowest BCUT2D eigenvalue weighted by atomic mass is 10.2. The fourth-order valence-electron chi connectivity index (χ4n) is 0.746. The third kappa shape index (κ3) is 1.81. The minimum absolute atomic E-state index is 0.123. The van der Waals surface area contributed by atoms with E-state index < -0.39 is 0 Å². The highest BCUT2D eigenvalue weighted by atomic mass is 35.5. The Balaban J connectivity index is 3.27. The molecule has 0 atom stereocenters. The minimum atomic E-state index is -0.154. The molecule has 0 aliphatic heterocycles. The van der Waals surface area contributed by atoms with Crippen LogP contribution in [-0.2, 0) is 0 Å². The van der Waals surface area contributed by atoms with Gasteiger partial charge in [-0.05, 0) is 12.1 Å². The van der Waals surface area contributed by atoms with Crippen molar-refractivity contribution in [2.75, 3.05) is 0 Å². The molecule has 0 bridgehead atoms. The molecule has 0 aliphatic carbocycles. The summed E-state index contributed by atoms with van der Waals surface area (Å²) >= 11 is 11.2. The fraction of sp³-hybridized carbons (Fsp3) is 0. The summed E-state index contributed by atoms with van der Waals surface area (Å²) in [5.74, 6) is -0.154. The second-order valence-corrected chi connectivity index (χ2v) is 2.91. The number of phenols is 1. The quantitative estimate of drug-likeness (QED) is 0.421. The molecule has 0 saturated heterocycles. The van der Waals surface area contributed by atoms with Crippen molar-refractivity contribution >= 4 is 29.4 Å². The number of phenolic OH excluding ortho intramolecular Hbond substituents is 1. The molecule has 0 amide bonds. The topological polar surface area (TPSA) is 52.8 Å². The molecule has 5 heteroatoms. The lowest BCUT2D eigenvalue weighted by Crippen LogP contribution is -1.83. The summed E-state index contributed by atoms with van der Waals surface area (Å²) in [6.45, 7) is 0. The van der Waals surface area contributed by atoms with Gasteiger partial charge >= 0.3 is 0 Å². The van der Waals surface area contributed by atoms with Gasteiger partial charge in [0.1, 0.15) is 5.75 Å². The van der Waals surface area contributed by atoms with Crippen molar-refractivity contribution in [1.82, 2.24) is 0 Å². The van der Waals surface area contributed by atoms with Crippen LogP contribution >= 0.6 is 23.2 Å². The molecule has 12 heavy (non-hydrogen) atoms. The van der Waals surface area contributed by atoms with Gasteiger partial charge in [0.05, 0.1) is 11.2 Å². The first kappa shape index (κ1) is 9.16. The maximum absolute atomic E-state index is 9.26. The second-order valence-electron chi connectivity index (χ2n) is 2.07. The van der Waals surface area contributed by atoms with E-state index in [1.807, 2.05) is 0 Å². The summed E-state index contributed by atoms with van der Waals surface area (Å²) in [5.41, 5.74) is 0.273. The summed E-state index contributed by atoms with van der Waals surface area (Å²) in [6, 6.07) is 2.83. The van der Waals surface area contributed by atoms with Gasteiger partial charge in [0.25, 0.3) is 0 Å². The van der Waals surface area contributed by atoms with E-state index in [9.17, 15) is 5.11 Å². The molecule has 3 nitrogen and oxygen atoms in total. The van der Waals surface area contributed by atoms with Gasteiger partial charge in [-0.3, -0.25) is 0 Å². The molecule has 0 fully saturated rings. The number of benzene rings is 1. The summed E-state index contributed by atoms with van der Waals surface area (Å²) in [7, 11) is 0. The SMILES string of the molecule is O/N=C\c1cc(Cl)cc(Cl)c1O. The fourth-order valence-corrected chi connectivity index (χ4v) is 1.26. The van der Waals surface area contributed by atoms with Crippen LogP contribution in [0.4, 0.5) is 0 Å². The molecule has 0 saturated carbocycles. The number of aromatic hydroxyl groups is 1. The molecule has 1 aromatic carbocycles. The molecular weight excluding hydrogens is 201 g/mol. The highest BCUT2D eigenvalue weighted by Crippen LogP contribution is 2.29. The maximum Gasteiger partial charge on any atom is 0.143 e. The van der Waals surface area contributed by atoms with Crippen molar-refractivity contribution in [3.8, 4) is 5.75 Å². The van der Waals surface area contributed by atoms with Crippen LogP contribution in [0.2, 0.25) is 10.0 Å². The Labute approximate surface area is 78.8 Å². The normalized spacial score (nSPS) is 10.8. The van der Waals surface area contributed by atoms with E-state index in [4.69, 9.17) is 28.4 Å². The Kier molecular flexibility index (Phi) is 2.78. The molecule has 0 unspecified atom stereocenters. The highest BCUT2D eigenvalue weighted by molar-refractivity contribution is 6.36. The van der Waals surface area contributed by atoms with E-state index in [0.717, 1.165) is 6.21 Å². The van der Waals surface area contributed by atoms with Crippen LogP contribution in [0.25, 0.3) is 0 Å². The molecule has 64 valence electrons. The van der Waals surface area contributed by atoms with Gasteiger partial charge in [-0.1, -0.05) is 28.4 Å². The van der Waals surface area contributed by atoms with Gasteiger partial charge < -0.3 is 10.3 Å². The van der Waals surface area contributed by atoms with Crippen LogP contribution in [0.1, 0.15) is 5.56 Å². The van der Waals surface area contributed by atoms with Crippen LogP contribution in [-0.4, -0.2) is 16.5 Å². The van der Waals surface area contributed by atoms with E-state index in [1.165, 1.54) is 12.1 Å². The Hall–Kier alpha value is -0.930. The smallest absolute Gasteiger partial charge is 0.143 e. The Bertz CT molecular complexity index is 325. The third-order valence-electron chi connectivity index (χ3n) is 1.25. The lowest BCUT2D eigenvalue weighted by molar-refractivity contribution is 0.321. The summed E-state index contributed by atoms with van der Waals surface area (Å²) in [6.07, 6.45) is 1.05. The van der Waals surface area contributed by atoms with Gasteiger partial charge in [0.15, 0.2) is 0 Å². The van der Waals surface area contributed by atoms with Crippen LogP contribution in [0.5, 0.6) is 5.75 Å². The van der Waals surface area contributed by atoms with Crippen molar-refractivity contribution in [1.29, 1.82) is 0 Å². The third-order valence-corrected chi connectivity index (χ3v) is 1.76. The number of oxime groups is 1. The molecular formula is C7H5Cl2NO2. The Morgan fingerprint density at radius 1 is 1.33 bits per heavy atom. The summed E-state index contributed by atoms with van der Waals surface area (Å²) < 4.78 is 0. The predicted octanol–water partition coefficient (Wildman–Crippen LogP) is 2.51. The minimum Gasteiger partial charge on any atom is -0.506 e. The zero-order chi connectivity index (χ0) is 9.14. The van der Waals surface area contributed by atoms with Gasteiger partial charge in [0.2, 0.25) is 0 Å². The molecule has 0 heterocycles. The molecule has 0 aliphatic rings. The first-order valence-corrected chi connectivity index (χ1v) is 3.76. The molecule has 0 spiro atoms. The Morgan fingerprint density at radius 3 is 2.58 bits per heavy atom. The summed E-state index contributed by atoms with van der Waals surface area (Å²) in [5, 5.41) is 20.7. The van der Waals surface area contributed by atoms with E-state index in [0.29, 0.717) is 5.02 Å². The van der Waals surface area contributed by atoms with E-state index in [2.05, 4.69) is 5.16 Å². The number of rotatable bonds is 1. The number of halogens is 2. The Morgan fingerprint density at radius 2 is 2.00 bits per heavy atom. The monoisotopic (exact) mass is 205 g/mol. The van der Waals surface area contributed by atoms with E-state index in [-0.39, 0.29) is 16.3 Å². The number of nitrogens with zero attached hydrogens (tertiary/aromatic N) is 1. The molecule has 1 aromatic rings.